The Balaban J connectivity index is 2.41. The molecule has 0 radical (unpaired) electrons. The molecule has 0 spiro atoms. The third kappa shape index (κ3) is 2.16. The van der Waals surface area contributed by atoms with Crippen molar-refractivity contribution in [1.82, 2.24) is 5.43 Å². The van der Waals surface area contributed by atoms with Gasteiger partial charge in [-0.25, -0.2) is 5.43 Å². The van der Waals surface area contributed by atoms with Gasteiger partial charge in [0.15, 0.2) is 0 Å². The molecule has 2 heterocycles. The number of hydrogen-bond acceptors (Lipinski definition) is 4. The van der Waals surface area contributed by atoms with E-state index in [2.05, 4.69) is 44.4 Å². The second-order valence-corrected chi connectivity index (χ2v) is 5.79. The van der Waals surface area contributed by atoms with Gasteiger partial charge in [0.2, 0.25) is 0 Å². The monoisotopic (exact) mass is 302 g/mol. The van der Waals surface area contributed by atoms with Crippen LogP contribution in [0.15, 0.2) is 26.7 Å². The highest BCUT2D eigenvalue weighted by molar-refractivity contribution is 9.10. The zero-order valence-corrected chi connectivity index (χ0v) is 11.4. The third-order valence-corrected chi connectivity index (χ3v) is 5.10. The van der Waals surface area contributed by atoms with Crippen LogP contribution in [0.4, 0.5) is 0 Å². The summed E-state index contributed by atoms with van der Waals surface area (Å²) in [4.78, 5) is 1.22. The lowest BCUT2D eigenvalue weighted by molar-refractivity contribution is 0.643. The van der Waals surface area contributed by atoms with Gasteiger partial charge < -0.3 is 0 Å². The van der Waals surface area contributed by atoms with Gasteiger partial charge in [-0.3, -0.25) is 5.84 Å². The van der Waals surface area contributed by atoms with Crippen LogP contribution >= 0.6 is 38.6 Å². The molecule has 80 valence electrons. The lowest BCUT2D eigenvalue weighted by atomic mass is 10.1. The van der Waals surface area contributed by atoms with Crippen LogP contribution in [0.25, 0.3) is 0 Å². The number of rotatable bonds is 3. The van der Waals surface area contributed by atoms with Gasteiger partial charge >= 0.3 is 0 Å². The molecule has 0 saturated heterocycles. The van der Waals surface area contributed by atoms with Crippen molar-refractivity contribution in [3.63, 3.8) is 0 Å². The first-order chi connectivity index (χ1) is 7.24. The Labute approximate surface area is 105 Å². The molecule has 0 aliphatic carbocycles. The molecule has 0 saturated carbocycles. The summed E-state index contributed by atoms with van der Waals surface area (Å²) in [6.07, 6.45) is 0. The standard InChI is InChI=1S/C10H11BrN2S2/c1-6-4-14-5-7(6)9(13-12)10-8(11)2-3-15-10/h2-5,9,13H,12H2,1H3. The number of hydrogen-bond donors (Lipinski definition) is 2. The Bertz CT molecular complexity index is 409. The second kappa shape index (κ2) is 4.76. The lowest BCUT2D eigenvalue weighted by Gasteiger charge is -2.15. The van der Waals surface area contributed by atoms with Crippen molar-refractivity contribution in [2.45, 2.75) is 13.0 Å². The first kappa shape index (κ1) is 11.3. The highest BCUT2D eigenvalue weighted by Gasteiger charge is 2.18. The summed E-state index contributed by atoms with van der Waals surface area (Å²) in [5.74, 6) is 5.63. The van der Waals surface area contributed by atoms with Crippen LogP contribution in [0.5, 0.6) is 0 Å². The molecule has 0 aliphatic rings. The van der Waals surface area contributed by atoms with E-state index in [4.69, 9.17) is 5.84 Å². The van der Waals surface area contributed by atoms with E-state index in [0.717, 1.165) is 4.47 Å². The maximum atomic E-state index is 5.63. The molecule has 2 nitrogen and oxygen atoms in total. The van der Waals surface area contributed by atoms with Gasteiger partial charge in [-0.15, -0.1) is 11.3 Å². The molecule has 0 fully saturated rings. The van der Waals surface area contributed by atoms with Crippen molar-refractivity contribution < 1.29 is 0 Å². The van der Waals surface area contributed by atoms with Gasteiger partial charge in [0.1, 0.15) is 0 Å². The van der Waals surface area contributed by atoms with Gasteiger partial charge in [0.25, 0.3) is 0 Å². The Kier molecular flexibility index (Phi) is 3.58. The van der Waals surface area contributed by atoms with E-state index in [0.29, 0.717) is 0 Å². The number of nitrogens with one attached hydrogen (secondary N) is 1. The minimum absolute atomic E-state index is 0.0885. The summed E-state index contributed by atoms with van der Waals surface area (Å²) in [6.45, 7) is 2.11. The molecular formula is C10H11BrN2S2. The number of thiophene rings is 2. The molecule has 1 atom stereocenters. The number of nitrogens with two attached hydrogens (primary N) is 1. The van der Waals surface area contributed by atoms with Gasteiger partial charge in [0.05, 0.1) is 6.04 Å². The largest absolute Gasteiger partial charge is 0.271 e. The minimum atomic E-state index is 0.0885. The summed E-state index contributed by atoms with van der Waals surface area (Å²) in [5, 5.41) is 6.35. The first-order valence-electron chi connectivity index (χ1n) is 4.45. The van der Waals surface area contributed by atoms with E-state index in [-0.39, 0.29) is 6.04 Å². The Hall–Kier alpha value is -0.200. The Morgan fingerprint density at radius 3 is 2.73 bits per heavy atom. The molecule has 15 heavy (non-hydrogen) atoms. The predicted molar refractivity (Wildman–Crippen MR) is 70.2 cm³/mol. The average Bonchev–Trinajstić information content (AvgIpc) is 2.80. The quantitative estimate of drug-likeness (QED) is 0.673. The Morgan fingerprint density at radius 2 is 2.27 bits per heavy atom. The van der Waals surface area contributed by atoms with Gasteiger partial charge in [-0.2, -0.15) is 11.3 Å². The molecule has 5 heteroatoms. The zero-order valence-electron chi connectivity index (χ0n) is 8.16. The van der Waals surface area contributed by atoms with Crippen molar-refractivity contribution in [1.29, 1.82) is 0 Å². The topological polar surface area (TPSA) is 38.0 Å². The number of halogens is 1. The van der Waals surface area contributed by atoms with E-state index in [9.17, 15) is 0 Å². The predicted octanol–water partition coefficient (Wildman–Crippen LogP) is 3.43. The summed E-state index contributed by atoms with van der Waals surface area (Å²) in [6, 6.07) is 2.14. The van der Waals surface area contributed by atoms with Gasteiger partial charge in [-0.05, 0) is 56.2 Å². The molecule has 1 unspecified atom stereocenters. The molecule has 2 aromatic rings. The van der Waals surface area contributed by atoms with Crippen molar-refractivity contribution in [2.24, 2.45) is 5.84 Å². The molecular weight excluding hydrogens is 292 g/mol. The van der Waals surface area contributed by atoms with Crippen molar-refractivity contribution in [2.75, 3.05) is 0 Å². The van der Waals surface area contributed by atoms with Crippen LogP contribution in [-0.4, -0.2) is 0 Å². The van der Waals surface area contributed by atoms with Crippen LogP contribution in [-0.2, 0) is 0 Å². The maximum absolute atomic E-state index is 5.63. The molecule has 2 aromatic heterocycles. The van der Waals surface area contributed by atoms with E-state index < -0.39 is 0 Å². The second-order valence-electron chi connectivity index (χ2n) is 3.24. The first-order valence-corrected chi connectivity index (χ1v) is 7.07. The smallest absolute Gasteiger partial charge is 0.0824 e. The summed E-state index contributed by atoms with van der Waals surface area (Å²) in [5.41, 5.74) is 5.41. The fourth-order valence-corrected chi connectivity index (χ4v) is 4.04. The van der Waals surface area contributed by atoms with Crippen LogP contribution < -0.4 is 11.3 Å². The molecule has 0 bridgehead atoms. The Morgan fingerprint density at radius 1 is 1.47 bits per heavy atom. The SMILES string of the molecule is Cc1cscc1C(NN)c1sccc1Br. The average molecular weight is 303 g/mol. The fraction of sp³-hybridized carbons (Fsp3) is 0.200. The van der Waals surface area contributed by atoms with Crippen LogP contribution in [0.3, 0.4) is 0 Å². The highest BCUT2D eigenvalue weighted by atomic mass is 79.9. The van der Waals surface area contributed by atoms with E-state index in [1.165, 1.54) is 16.0 Å². The summed E-state index contributed by atoms with van der Waals surface area (Å²) >= 11 is 6.95. The van der Waals surface area contributed by atoms with Gasteiger partial charge in [-0.1, -0.05) is 0 Å². The van der Waals surface area contributed by atoms with Crippen molar-refractivity contribution in [3.05, 3.63) is 42.7 Å². The summed E-state index contributed by atoms with van der Waals surface area (Å²) in [7, 11) is 0. The molecule has 3 N–H and O–H groups in total. The van der Waals surface area contributed by atoms with Crippen LogP contribution in [0, 0.1) is 6.92 Å². The molecule has 2 rings (SSSR count). The van der Waals surface area contributed by atoms with Crippen LogP contribution in [0.1, 0.15) is 22.0 Å². The molecule has 0 aromatic carbocycles. The van der Waals surface area contributed by atoms with Crippen LogP contribution in [0.2, 0.25) is 0 Å². The maximum Gasteiger partial charge on any atom is 0.0824 e. The lowest BCUT2D eigenvalue weighted by Crippen LogP contribution is -2.28. The zero-order chi connectivity index (χ0) is 10.8. The molecule has 0 amide bonds. The van der Waals surface area contributed by atoms with E-state index in [1.54, 1.807) is 22.7 Å². The van der Waals surface area contributed by atoms with Crippen molar-refractivity contribution >= 4 is 38.6 Å². The number of hydrazine groups is 1. The van der Waals surface area contributed by atoms with Crippen molar-refractivity contribution in [3.8, 4) is 0 Å². The minimum Gasteiger partial charge on any atom is -0.271 e. The van der Waals surface area contributed by atoms with E-state index >= 15 is 0 Å². The normalized spacial score (nSPS) is 13.0. The third-order valence-electron chi connectivity index (χ3n) is 2.28. The van der Waals surface area contributed by atoms with E-state index in [1.807, 2.05) is 6.07 Å². The fourth-order valence-electron chi connectivity index (χ4n) is 1.48. The highest BCUT2D eigenvalue weighted by Crippen LogP contribution is 2.34. The van der Waals surface area contributed by atoms with Gasteiger partial charge in [0, 0.05) is 9.35 Å². The molecule has 0 aliphatic heterocycles. The number of aryl methyl sites for hydroxylation is 1. The summed E-state index contributed by atoms with van der Waals surface area (Å²) < 4.78 is 1.11.